The molecular weight excluding hydrogens is 292 g/mol. The number of fused-ring (bicyclic) bond motifs is 1. The Labute approximate surface area is 137 Å². The van der Waals surface area contributed by atoms with Crippen molar-refractivity contribution in [3.63, 3.8) is 0 Å². The largest absolute Gasteiger partial charge is 0.482 e. The molecule has 1 unspecified atom stereocenters. The van der Waals surface area contributed by atoms with Crippen LogP contribution in [0.4, 0.5) is 5.69 Å². The minimum atomic E-state index is -0.0806. The van der Waals surface area contributed by atoms with Gasteiger partial charge in [0.1, 0.15) is 5.75 Å². The van der Waals surface area contributed by atoms with Crippen LogP contribution in [0.25, 0.3) is 0 Å². The van der Waals surface area contributed by atoms with Crippen molar-refractivity contribution in [2.75, 3.05) is 31.1 Å². The number of ether oxygens (including phenoxy) is 1. The number of likely N-dealkylation sites (tertiary alicyclic amines) is 1. The van der Waals surface area contributed by atoms with E-state index in [1.165, 1.54) is 6.42 Å². The summed E-state index contributed by atoms with van der Waals surface area (Å²) in [5.74, 6) is 1.35. The van der Waals surface area contributed by atoms with Gasteiger partial charge in [-0.1, -0.05) is 13.0 Å². The third kappa shape index (κ3) is 3.49. The van der Waals surface area contributed by atoms with Gasteiger partial charge < -0.3 is 14.5 Å². The monoisotopic (exact) mass is 316 g/mol. The smallest absolute Gasteiger partial charge is 0.265 e. The molecule has 2 aliphatic heterocycles. The molecule has 0 spiro atoms. The average Bonchev–Trinajstić information content (AvgIpc) is 2.53. The van der Waals surface area contributed by atoms with Crippen molar-refractivity contribution in [2.45, 2.75) is 33.1 Å². The van der Waals surface area contributed by atoms with Crippen LogP contribution < -0.4 is 9.64 Å². The zero-order valence-electron chi connectivity index (χ0n) is 13.9. The van der Waals surface area contributed by atoms with Crippen LogP contribution in [0.5, 0.6) is 5.75 Å². The zero-order chi connectivity index (χ0) is 16.4. The maximum atomic E-state index is 12.4. The van der Waals surface area contributed by atoms with E-state index in [2.05, 4.69) is 6.92 Å². The third-order valence-corrected chi connectivity index (χ3v) is 4.62. The molecule has 0 saturated carbocycles. The van der Waals surface area contributed by atoms with Crippen molar-refractivity contribution < 1.29 is 14.3 Å². The summed E-state index contributed by atoms with van der Waals surface area (Å²) in [5, 5.41) is 0. The lowest BCUT2D eigenvalue weighted by molar-refractivity contribution is -0.132. The van der Waals surface area contributed by atoms with Gasteiger partial charge in [0.2, 0.25) is 5.91 Å². The van der Waals surface area contributed by atoms with Crippen LogP contribution in [-0.4, -0.2) is 43.0 Å². The van der Waals surface area contributed by atoms with Crippen molar-refractivity contribution in [1.29, 1.82) is 0 Å². The molecule has 1 aromatic carbocycles. The maximum Gasteiger partial charge on any atom is 0.265 e. The molecule has 5 nitrogen and oxygen atoms in total. The Kier molecular flexibility index (Phi) is 4.55. The van der Waals surface area contributed by atoms with Crippen LogP contribution in [0, 0.1) is 12.8 Å². The lowest BCUT2D eigenvalue weighted by Crippen LogP contribution is -2.43. The highest BCUT2D eigenvalue weighted by atomic mass is 16.5. The molecule has 2 aliphatic rings. The van der Waals surface area contributed by atoms with Gasteiger partial charge in [0.05, 0.1) is 5.69 Å². The minimum Gasteiger partial charge on any atom is -0.482 e. The Morgan fingerprint density at radius 2 is 2.22 bits per heavy atom. The number of carbonyl (C=O) groups excluding carboxylic acids is 2. The molecule has 23 heavy (non-hydrogen) atoms. The number of carbonyl (C=O) groups is 2. The van der Waals surface area contributed by atoms with Gasteiger partial charge in [0, 0.05) is 26.1 Å². The van der Waals surface area contributed by atoms with E-state index in [-0.39, 0.29) is 18.4 Å². The molecule has 2 amide bonds. The second-order valence-electron chi connectivity index (χ2n) is 6.64. The first kappa shape index (κ1) is 15.8. The minimum absolute atomic E-state index is 0.0466. The molecule has 1 saturated heterocycles. The Morgan fingerprint density at radius 3 is 3.00 bits per heavy atom. The number of nitrogens with zero attached hydrogens (tertiary/aromatic N) is 2. The number of aryl methyl sites for hydroxylation is 1. The summed E-state index contributed by atoms with van der Waals surface area (Å²) in [7, 11) is 0. The highest BCUT2D eigenvalue weighted by Crippen LogP contribution is 2.33. The van der Waals surface area contributed by atoms with Gasteiger partial charge in [-0.3, -0.25) is 9.59 Å². The number of hydrogen-bond donors (Lipinski definition) is 0. The first-order valence-electron chi connectivity index (χ1n) is 8.36. The molecule has 1 fully saturated rings. The summed E-state index contributed by atoms with van der Waals surface area (Å²) in [6, 6.07) is 5.80. The summed E-state index contributed by atoms with van der Waals surface area (Å²) in [5.41, 5.74) is 1.85. The fourth-order valence-corrected chi connectivity index (χ4v) is 3.34. The summed E-state index contributed by atoms with van der Waals surface area (Å²) in [6.45, 7) is 6.32. The molecule has 5 heteroatoms. The second kappa shape index (κ2) is 6.60. The first-order chi connectivity index (χ1) is 11.0. The van der Waals surface area contributed by atoms with Gasteiger partial charge in [0.25, 0.3) is 5.91 Å². The lowest BCUT2D eigenvalue weighted by Gasteiger charge is -2.33. The van der Waals surface area contributed by atoms with E-state index in [4.69, 9.17) is 4.74 Å². The quantitative estimate of drug-likeness (QED) is 0.860. The van der Waals surface area contributed by atoms with Gasteiger partial charge >= 0.3 is 0 Å². The van der Waals surface area contributed by atoms with Gasteiger partial charge in [-0.25, -0.2) is 0 Å². The Morgan fingerprint density at radius 1 is 1.39 bits per heavy atom. The van der Waals surface area contributed by atoms with E-state index in [1.54, 1.807) is 4.90 Å². The van der Waals surface area contributed by atoms with E-state index in [0.29, 0.717) is 24.6 Å². The van der Waals surface area contributed by atoms with Crippen LogP contribution in [0.3, 0.4) is 0 Å². The van der Waals surface area contributed by atoms with E-state index < -0.39 is 0 Å². The molecule has 0 bridgehead atoms. The van der Waals surface area contributed by atoms with E-state index in [9.17, 15) is 9.59 Å². The molecule has 1 aromatic rings. The number of piperidine rings is 1. The SMILES string of the molecule is Cc1ccc2c(c1)N(CCC(=O)N1CCCC(C)C1)C(=O)CO2. The fraction of sp³-hybridized carbons (Fsp3) is 0.556. The zero-order valence-corrected chi connectivity index (χ0v) is 13.9. The molecule has 0 radical (unpaired) electrons. The van der Waals surface area contributed by atoms with Crippen LogP contribution in [0.15, 0.2) is 18.2 Å². The van der Waals surface area contributed by atoms with Crippen LogP contribution in [0.1, 0.15) is 31.7 Å². The molecule has 2 heterocycles. The fourth-order valence-electron chi connectivity index (χ4n) is 3.34. The van der Waals surface area contributed by atoms with E-state index in [1.807, 2.05) is 30.0 Å². The number of benzene rings is 1. The van der Waals surface area contributed by atoms with Gasteiger partial charge in [-0.05, 0) is 43.4 Å². The summed E-state index contributed by atoms with van der Waals surface area (Å²) >= 11 is 0. The highest BCUT2D eigenvalue weighted by Gasteiger charge is 2.27. The topological polar surface area (TPSA) is 49.9 Å². The Bertz CT molecular complexity index is 614. The van der Waals surface area contributed by atoms with Crippen molar-refractivity contribution in [1.82, 2.24) is 4.90 Å². The standard InChI is InChI=1S/C18H24N2O3/c1-13-5-6-16-15(10-13)20(18(22)12-23-16)9-7-17(21)19-8-3-4-14(2)11-19/h5-6,10,14H,3-4,7-9,11-12H2,1-2H3. The normalized spacial score (nSPS) is 21.0. The molecule has 0 aliphatic carbocycles. The predicted octanol–water partition coefficient (Wildman–Crippen LogP) is 2.37. The van der Waals surface area contributed by atoms with Crippen molar-refractivity contribution in [3.05, 3.63) is 23.8 Å². The maximum absolute atomic E-state index is 12.4. The van der Waals surface area contributed by atoms with Crippen molar-refractivity contribution in [3.8, 4) is 5.75 Å². The van der Waals surface area contributed by atoms with Crippen LogP contribution in [0.2, 0.25) is 0 Å². The molecular formula is C18H24N2O3. The molecule has 0 aromatic heterocycles. The van der Waals surface area contributed by atoms with Gasteiger partial charge in [0.15, 0.2) is 6.61 Å². The van der Waals surface area contributed by atoms with Crippen molar-refractivity contribution in [2.24, 2.45) is 5.92 Å². The summed E-state index contributed by atoms with van der Waals surface area (Å²) in [6.07, 6.45) is 2.63. The number of hydrogen-bond acceptors (Lipinski definition) is 3. The lowest BCUT2D eigenvalue weighted by atomic mass is 10.00. The van der Waals surface area contributed by atoms with Crippen molar-refractivity contribution >= 4 is 17.5 Å². The summed E-state index contributed by atoms with van der Waals surface area (Å²) in [4.78, 5) is 28.2. The number of rotatable bonds is 3. The Balaban J connectivity index is 1.67. The third-order valence-electron chi connectivity index (χ3n) is 4.62. The number of amides is 2. The van der Waals surface area contributed by atoms with E-state index in [0.717, 1.165) is 30.8 Å². The Hall–Kier alpha value is -2.04. The van der Waals surface area contributed by atoms with E-state index >= 15 is 0 Å². The average molecular weight is 316 g/mol. The molecule has 3 rings (SSSR count). The predicted molar refractivity (Wildman–Crippen MR) is 88.6 cm³/mol. The number of anilines is 1. The molecule has 1 atom stereocenters. The summed E-state index contributed by atoms with van der Waals surface area (Å²) < 4.78 is 5.47. The first-order valence-corrected chi connectivity index (χ1v) is 8.36. The van der Waals surface area contributed by atoms with Gasteiger partial charge in [-0.15, -0.1) is 0 Å². The van der Waals surface area contributed by atoms with Crippen LogP contribution in [-0.2, 0) is 9.59 Å². The highest BCUT2D eigenvalue weighted by molar-refractivity contribution is 5.98. The van der Waals surface area contributed by atoms with Gasteiger partial charge in [-0.2, -0.15) is 0 Å². The second-order valence-corrected chi connectivity index (χ2v) is 6.64. The van der Waals surface area contributed by atoms with Crippen LogP contribution >= 0.6 is 0 Å². The molecule has 0 N–H and O–H groups in total. The molecule has 124 valence electrons.